The van der Waals surface area contributed by atoms with E-state index in [9.17, 15) is 4.79 Å². The van der Waals surface area contributed by atoms with Crippen LogP contribution in [-0.4, -0.2) is 27.9 Å². The summed E-state index contributed by atoms with van der Waals surface area (Å²) in [6.07, 6.45) is 1.91. The van der Waals surface area contributed by atoms with Gasteiger partial charge < -0.3 is 10.6 Å². The van der Waals surface area contributed by atoms with Crippen LogP contribution >= 0.6 is 23.1 Å². The summed E-state index contributed by atoms with van der Waals surface area (Å²) < 4.78 is 0.794. The second-order valence-electron chi connectivity index (χ2n) is 5.62. The van der Waals surface area contributed by atoms with Crippen molar-refractivity contribution in [3.63, 3.8) is 0 Å². The minimum atomic E-state index is 0.0490. The third-order valence-electron chi connectivity index (χ3n) is 3.93. The van der Waals surface area contributed by atoms with Crippen molar-refractivity contribution in [3.05, 3.63) is 29.3 Å². The molecule has 1 heterocycles. The third-order valence-corrected chi connectivity index (χ3v) is 5.90. The average Bonchev–Trinajstić information content (AvgIpc) is 3.02. The first kappa shape index (κ1) is 18.7. The van der Waals surface area contributed by atoms with E-state index in [1.54, 1.807) is 0 Å². The molecule has 0 spiro atoms. The fourth-order valence-corrected chi connectivity index (χ4v) is 3.79. The van der Waals surface area contributed by atoms with Crippen molar-refractivity contribution < 1.29 is 4.79 Å². The van der Waals surface area contributed by atoms with E-state index in [-0.39, 0.29) is 11.9 Å². The highest BCUT2D eigenvalue weighted by Gasteiger charge is 2.11. The number of hydrogen-bond donors (Lipinski definition) is 2. The zero-order chi connectivity index (χ0) is 17.5. The lowest BCUT2D eigenvalue weighted by atomic mass is 10.1. The Morgan fingerprint density at radius 1 is 1.25 bits per heavy atom. The van der Waals surface area contributed by atoms with Crippen LogP contribution < -0.4 is 10.6 Å². The largest absolute Gasteiger partial charge is 0.353 e. The van der Waals surface area contributed by atoms with Crippen LogP contribution in [0.25, 0.3) is 0 Å². The van der Waals surface area contributed by atoms with Crippen molar-refractivity contribution in [1.29, 1.82) is 0 Å². The summed E-state index contributed by atoms with van der Waals surface area (Å²) in [7, 11) is 0. The van der Waals surface area contributed by atoms with Gasteiger partial charge in [0, 0.05) is 11.7 Å². The number of carbonyl (C=O) groups is 1. The lowest BCUT2D eigenvalue weighted by molar-refractivity contribution is -0.119. The van der Waals surface area contributed by atoms with Gasteiger partial charge in [-0.3, -0.25) is 4.79 Å². The summed E-state index contributed by atoms with van der Waals surface area (Å²) in [5, 5.41) is 15.4. The van der Waals surface area contributed by atoms with Crippen LogP contribution in [0.3, 0.4) is 0 Å². The molecule has 0 fully saturated rings. The Balaban J connectivity index is 1.89. The SMILES string of the molecule is CCC(CC)NC(=O)CSc1nnc(Nc2cccc(C)c2C)s1. The van der Waals surface area contributed by atoms with E-state index in [0.717, 1.165) is 28.0 Å². The fraction of sp³-hybridized carbons (Fsp3) is 0.471. The highest BCUT2D eigenvalue weighted by molar-refractivity contribution is 8.01. The van der Waals surface area contributed by atoms with Gasteiger partial charge in [-0.05, 0) is 43.9 Å². The van der Waals surface area contributed by atoms with Crippen LogP contribution in [0.2, 0.25) is 0 Å². The quantitative estimate of drug-likeness (QED) is 0.684. The molecule has 0 unspecified atom stereocenters. The predicted molar refractivity (Wildman–Crippen MR) is 102 cm³/mol. The molecule has 0 aliphatic rings. The molecular weight excluding hydrogens is 340 g/mol. The second-order valence-corrected chi connectivity index (χ2v) is 7.82. The molecule has 130 valence electrons. The van der Waals surface area contributed by atoms with Crippen molar-refractivity contribution in [2.45, 2.75) is 50.9 Å². The van der Waals surface area contributed by atoms with Gasteiger partial charge in [0.2, 0.25) is 11.0 Å². The van der Waals surface area contributed by atoms with E-state index in [0.29, 0.717) is 5.75 Å². The normalized spacial score (nSPS) is 10.9. The molecule has 2 aromatic rings. The number of nitrogens with zero attached hydrogens (tertiary/aromatic N) is 2. The van der Waals surface area contributed by atoms with Gasteiger partial charge >= 0.3 is 0 Å². The number of amides is 1. The maximum atomic E-state index is 11.9. The number of hydrogen-bond acceptors (Lipinski definition) is 6. The Kier molecular flexibility index (Phi) is 7.05. The molecule has 1 amide bonds. The number of anilines is 2. The van der Waals surface area contributed by atoms with Crippen molar-refractivity contribution in [1.82, 2.24) is 15.5 Å². The molecule has 0 bridgehead atoms. The molecule has 0 atom stereocenters. The van der Waals surface area contributed by atoms with Crippen LogP contribution in [0.15, 0.2) is 22.5 Å². The maximum Gasteiger partial charge on any atom is 0.230 e. The van der Waals surface area contributed by atoms with Gasteiger partial charge in [-0.15, -0.1) is 10.2 Å². The monoisotopic (exact) mass is 364 g/mol. The predicted octanol–water partition coefficient (Wildman–Crippen LogP) is 4.30. The standard InChI is InChI=1S/C17H24N4OS2/c1-5-13(6-2)18-15(22)10-23-17-21-20-16(24-17)19-14-9-7-8-11(3)12(14)4/h7-9,13H,5-6,10H2,1-4H3,(H,18,22)(H,19,20). The zero-order valence-corrected chi connectivity index (χ0v) is 16.2. The smallest absolute Gasteiger partial charge is 0.230 e. The Hall–Kier alpha value is -1.60. The summed E-state index contributed by atoms with van der Waals surface area (Å²) in [6, 6.07) is 6.39. The van der Waals surface area contributed by atoms with Crippen LogP contribution in [-0.2, 0) is 4.79 Å². The topological polar surface area (TPSA) is 66.9 Å². The lowest BCUT2D eigenvalue weighted by Gasteiger charge is -2.13. The number of thioether (sulfide) groups is 1. The molecule has 0 saturated carbocycles. The number of rotatable bonds is 8. The second kappa shape index (κ2) is 9.03. The van der Waals surface area contributed by atoms with Gasteiger partial charge in [-0.2, -0.15) is 0 Å². The number of benzene rings is 1. The van der Waals surface area contributed by atoms with Gasteiger partial charge in [-0.25, -0.2) is 0 Å². The van der Waals surface area contributed by atoms with Crippen molar-refractivity contribution >= 4 is 39.8 Å². The minimum Gasteiger partial charge on any atom is -0.353 e. The first-order chi connectivity index (χ1) is 11.5. The summed E-state index contributed by atoms with van der Waals surface area (Å²) in [5.74, 6) is 0.419. The molecule has 24 heavy (non-hydrogen) atoms. The van der Waals surface area contributed by atoms with Crippen LogP contribution in [0.5, 0.6) is 0 Å². The van der Waals surface area contributed by atoms with Crippen LogP contribution in [0.1, 0.15) is 37.8 Å². The van der Waals surface area contributed by atoms with Crippen LogP contribution in [0, 0.1) is 13.8 Å². The first-order valence-corrected chi connectivity index (χ1v) is 9.92. The Morgan fingerprint density at radius 2 is 2.00 bits per heavy atom. The zero-order valence-electron chi connectivity index (χ0n) is 14.5. The molecule has 0 saturated heterocycles. The van der Waals surface area contributed by atoms with Gasteiger partial charge in [0.05, 0.1) is 5.75 Å². The van der Waals surface area contributed by atoms with E-state index < -0.39 is 0 Å². The molecule has 2 N–H and O–H groups in total. The number of aromatic nitrogens is 2. The highest BCUT2D eigenvalue weighted by atomic mass is 32.2. The molecule has 7 heteroatoms. The number of nitrogens with one attached hydrogen (secondary N) is 2. The van der Waals surface area contributed by atoms with Gasteiger partial charge in [0.15, 0.2) is 4.34 Å². The summed E-state index contributed by atoms with van der Waals surface area (Å²) >= 11 is 2.89. The number of carbonyl (C=O) groups excluding carboxylic acids is 1. The summed E-state index contributed by atoms with van der Waals surface area (Å²) in [4.78, 5) is 11.9. The van der Waals surface area contributed by atoms with E-state index in [4.69, 9.17) is 0 Å². The van der Waals surface area contributed by atoms with Gasteiger partial charge in [-0.1, -0.05) is 49.1 Å². The van der Waals surface area contributed by atoms with Crippen molar-refractivity contribution in [2.24, 2.45) is 0 Å². The molecule has 2 rings (SSSR count). The van der Waals surface area contributed by atoms with Gasteiger partial charge in [0.1, 0.15) is 0 Å². The fourth-order valence-electron chi connectivity index (χ4n) is 2.21. The number of aryl methyl sites for hydroxylation is 1. The van der Waals surface area contributed by atoms with Crippen molar-refractivity contribution in [2.75, 3.05) is 11.1 Å². The first-order valence-electron chi connectivity index (χ1n) is 8.12. The van der Waals surface area contributed by atoms with E-state index in [2.05, 4.69) is 54.6 Å². The molecule has 0 radical (unpaired) electrons. The molecule has 1 aromatic heterocycles. The summed E-state index contributed by atoms with van der Waals surface area (Å²) in [6.45, 7) is 8.33. The molecule has 0 aliphatic carbocycles. The Morgan fingerprint density at radius 3 is 2.71 bits per heavy atom. The van der Waals surface area contributed by atoms with Crippen LogP contribution in [0.4, 0.5) is 10.8 Å². The Bertz CT molecular complexity index is 683. The minimum absolute atomic E-state index is 0.0490. The Labute approximate surface area is 151 Å². The van der Waals surface area contributed by atoms with Gasteiger partial charge in [0.25, 0.3) is 0 Å². The third kappa shape index (κ3) is 5.21. The highest BCUT2D eigenvalue weighted by Crippen LogP contribution is 2.29. The molecule has 0 aliphatic heterocycles. The molecule has 1 aromatic carbocycles. The van der Waals surface area contributed by atoms with E-state index >= 15 is 0 Å². The molecule has 5 nitrogen and oxygen atoms in total. The molecular formula is C17H24N4OS2. The maximum absolute atomic E-state index is 11.9. The lowest BCUT2D eigenvalue weighted by Crippen LogP contribution is -2.34. The average molecular weight is 365 g/mol. The van der Waals surface area contributed by atoms with Crippen molar-refractivity contribution in [3.8, 4) is 0 Å². The summed E-state index contributed by atoms with van der Waals surface area (Å²) in [5.41, 5.74) is 3.47. The van der Waals surface area contributed by atoms with E-state index in [1.807, 2.05) is 12.1 Å². The van der Waals surface area contributed by atoms with E-state index in [1.165, 1.54) is 34.2 Å².